The highest BCUT2D eigenvalue weighted by Crippen LogP contribution is 2.43. The lowest BCUT2D eigenvalue weighted by Gasteiger charge is -2.34. The Hall–Kier alpha value is -4.91. The SMILES string of the molecule is Cc1cc2cc(N3CCN(C)CC3)ccc2c2ccc3c(c12)CCC(c1ccc2ccccc2c1NC(=O)c1ccc(N2CCOCC2)cc1)C3. The van der Waals surface area contributed by atoms with Crippen LogP contribution in [-0.2, 0) is 17.6 Å². The van der Waals surface area contributed by atoms with Crippen LogP contribution >= 0.6 is 0 Å². The van der Waals surface area contributed by atoms with Crippen LogP contribution in [0.4, 0.5) is 17.1 Å². The van der Waals surface area contributed by atoms with Gasteiger partial charge in [0, 0.05) is 61.6 Å². The molecule has 1 amide bonds. The topological polar surface area (TPSA) is 48.0 Å². The smallest absolute Gasteiger partial charge is 0.255 e. The summed E-state index contributed by atoms with van der Waals surface area (Å²) in [6, 6.07) is 35.2. The molecule has 6 heteroatoms. The number of morpholine rings is 1. The Kier molecular flexibility index (Phi) is 8.37. The lowest BCUT2D eigenvalue weighted by molar-refractivity contribution is 0.102. The Labute approximate surface area is 300 Å². The van der Waals surface area contributed by atoms with Crippen LogP contribution in [-0.4, -0.2) is 70.3 Å². The number of nitrogens with zero attached hydrogens (tertiary/aromatic N) is 3. The van der Waals surface area contributed by atoms with Crippen molar-refractivity contribution >= 4 is 55.3 Å². The van der Waals surface area contributed by atoms with E-state index in [4.69, 9.17) is 4.74 Å². The van der Waals surface area contributed by atoms with Crippen LogP contribution in [0.5, 0.6) is 0 Å². The molecule has 0 saturated carbocycles. The van der Waals surface area contributed by atoms with E-state index in [-0.39, 0.29) is 5.91 Å². The molecule has 2 fully saturated rings. The van der Waals surface area contributed by atoms with Gasteiger partial charge in [0.15, 0.2) is 0 Å². The number of piperazine rings is 1. The fraction of sp³-hybridized carbons (Fsp3) is 0.311. The molecule has 0 radical (unpaired) electrons. The quantitative estimate of drug-likeness (QED) is 0.186. The van der Waals surface area contributed by atoms with E-state index in [1.54, 1.807) is 0 Å². The number of anilines is 3. The molecule has 0 aromatic heterocycles. The van der Waals surface area contributed by atoms with Gasteiger partial charge in [-0.05, 0) is 125 Å². The monoisotopic (exact) mass is 674 g/mol. The Morgan fingerprint density at radius 2 is 1.47 bits per heavy atom. The van der Waals surface area contributed by atoms with Crippen LogP contribution in [0.15, 0.2) is 97.1 Å². The number of fused-ring (bicyclic) bond motifs is 6. The Morgan fingerprint density at radius 1 is 0.725 bits per heavy atom. The first-order valence-corrected chi connectivity index (χ1v) is 18.7. The summed E-state index contributed by atoms with van der Waals surface area (Å²) < 4.78 is 5.52. The molecular formula is C45H46N4O2. The summed E-state index contributed by atoms with van der Waals surface area (Å²) in [5, 5.41) is 11.1. The first-order valence-electron chi connectivity index (χ1n) is 18.7. The van der Waals surface area contributed by atoms with Crippen LogP contribution in [0.25, 0.3) is 32.3 Å². The minimum Gasteiger partial charge on any atom is -0.378 e. The van der Waals surface area contributed by atoms with Gasteiger partial charge in [-0.25, -0.2) is 0 Å². The molecule has 1 atom stereocenters. The number of rotatable bonds is 5. The van der Waals surface area contributed by atoms with Crippen LogP contribution in [0, 0.1) is 6.92 Å². The van der Waals surface area contributed by atoms with Gasteiger partial charge >= 0.3 is 0 Å². The number of ether oxygens (including phenoxy) is 1. The van der Waals surface area contributed by atoms with E-state index < -0.39 is 0 Å². The fourth-order valence-corrected chi connectivity index (χ4v) is 8.87. The number of nitrogens with one attached hydrogen (secondary N) is 1. The lowest BCUT2D eigenvalue weighted by Crippen LogP contribution is -2.44. The van der Waals surface area contributed by atoms with Crippen molar-refractivity contribution in [2.75, 3.05) is 74.6 Å². The van der Waals surface area contributed by atoms with Crippen molar-refractivity contribution in [2.45, 2.75) is 32.1 Å². The van der Waals surface area contributed by atoms with Crippen LogP contribution in [0.2, 0.25) is 0 Å². The van der Waals surface area contributed by atoms with Crippen molar-refractivity contribution < 1.29 is 9.53 Å². The molecule has 6 nitrogen and oxygen atoms in total. The number of carbonyl (C=O) groups excluding carboxylic acids is 1. The molecule has 1 unspecified atom stereocenters. The Morgan fingerprint density at radius 3 is 2.29 bits per heavy atom. The van der Waals surface area contributed by atoms with Gasteiger partial charge in [0.25, 0.3) is 5.91 Å². The van der Waals surface area contributed by atoms with Gasteiger partial charge in [-0.1, -0.05) is 60.7 Å². The second kappa shape index (κ2) is 13.3. The number of carbonyl (C=O) groups is 1. The number of hydrogen-bond acceptors (Lipinski definition) is 5. The van der Waals surface area contributed by atoms with E-state index in [1.165, 1.54) is 49.5 Å². The largest absolute Gasteiger partial charge is 0.378 e. The van der Waals surface area contributed by atoms with Crippen molar-refractivity contribution in [1.29, 1.82) is 0 Å². The highest BCUT2D eigenvalue weighted by Gasteiger charge is 2.27. The predicted octanol–water partition coefficient (Wildman–Crippen LogP) is 8.57. The van der Waals surface area contributed by atoms with E-state index >= 15 is 0 Å². The summed E-state index contributed by atoms with van der Waals surface area (Å²) >= 11 is 0. The lowest BCUT2D eigenvalue weighted by atomic mass is 9.76. The first kappa shape index (κ1) is 32.0. The predicted molar refractivity (Wildman–Crippen MR) is 212 cm³/mol. The van der Waals surface area contributed by atoms with Gasteiger partial charge in [0.05, 0.1) is 18.9 Å². The van der Waals surface area contributed by atoms with E-state index in [1.807, 2.05) is 12.1 Å². The maximum atomic E-state index is 13.8. The number of benzene rings is 6. The molecule has 51 heavy (non-hydrogen) atoms. The second-order valence-electron chi connectivity index (χ2n) is 14.8. The Bertz CT molecular complexity index is 2270. The van der Waals surface area contributed by atoms with Gasteiger partial charge in [-0.3, -0.25) is 4.79 Å². The molecule has 2 aliphatic heterocycles. The average molecular weight is 675 g/mol. The summed E-state index contributed by atoms with van der Waals surface area (Å²) in [5.41, 5.74) is 9.60. The molecule has 0 spiro atoms. The molecule has 9 rings (SSSR count). The molecule has 1 N–H and O–H groups in total. The molecule has 3 aliphatic rings. The third-order valence-electron chi connectivity index (χ3n) is 11.7. The van der Waals surface area contributed by atoms with Gasteiger partial charge < -0.3 is 24.8 Å². The van der Waals surface area contributed by atoms with Crippen molar-refractivity contribution in [2.24, 2.45) is 0 Å². The zero-order chi connectivity index (χ0) is 34.5. The number of likely N-dealkylation sites (N-methyl/N-ethyl adjacent to an activating group) is 1. The fourth-order valence-electron chi connectivity index (χ4n) is 8.87. The number of aryl methyl sites for hydroxylation is 2. The molecule has 0 bridgehead atoms. The zero-order valence-electron chi connectivity index (χ0n) is 29.8. The zero-order valence-corrected chi connectivity index (χ0v) is 29.8. The second-order valence-corrected chi connectivity index (χ2v) is 14.8. The van der Waals surface area contributed by atoms with Crippen LogP contribution < -0.4 is 15.1 Å². The third kappa shape index (κ3) is 6.00. The molecule has 258 valence electrons. The highest BCUT2D eigenvalue weighted by molar-refractivity contribution is 6.12. The van der Waals surface area contributed by atoms with Crippen LogP contribution in [0.3, 0.4) is 0 Å². The van der Waals surface area contributed by atoms with Crippen LogP contribution in [0.1, 0.15) is 45.0 Å². The van der Waals surface area contributed by atoms with E-state index in [9.17, 15) is 4.79 Å². The maximum absolute atomic E-state index is 13.8. The van der Waals surface area contributed by atoms with E-state index in [2.05, 4.69) is 119 Å². The standard InChI is InChI=1S/C45H46N4O2/c1-30-27-35-29-37(48-21-19-47(2)20-22-48)14-18-38(35)42-17-11-33-28-34(10-15-39(33)43(30)42)41-16-9-31-5-3-4-6-40(31)44(41)46-45(50)32-7-12-36(13-8-32)49-23-25-51-26-24-49/h3-9,11-14,16-18,27,29,34H,10,15,19-26,28H2,1-2H3,(H,46,50). The molecule has 6 aromatic carbocycles. The summed E-state index contributed by atoms with van der Waals surface area (Å²) in [4.78, 5) is 21.1. The summed E-state index contributed by atoms with van der Waals surface area (Å²) in [7, 11) is 2.21. The van der Waals surface area contributed by atoms with Gasteiger partial charge in [0.1, 0.15) is 0 Å². The van der Waals surface area contributed by atoms with E-state index in [0.717, 1.165) is 93.9 Å². The van der Waals surface area contributed by atoms with Gasteiger partial charge in [0.2, 0.25) is 0 Å². The maximum Gasteiger partial charge on any atom is 0.255 e. The summed E-state index contributed by atoms with van der Waals surface area (Å²) in [6.45, 7) is 9.89. The van der Waals surface area contributed by atoms with Crippen molar-refractivity contribution in [3.63, 3.8) is 0 Å². The van der Waals surface area contributed by atoms with Gasteiger partial charge in [-0.2, -0.15) is 0 Å². The Balaban J connectivity index is 1.02. The van der Waals surface area contributed by atoms with Crippen molar-refractivity contribution in [1.82, 2.24) is 4.90 Å². The summed E-state index contributed by atoms with van der Waals surface area (Å²) in [5.74, 6) is 0.243. The van der Waals surface area contributed by atoms with Gasteiger partial charge in [-0.15, -0.1) is 0 Å². The molecule has 1 aliphatic carbocycles. The van der Waals surface area contributed by atoms with Crippen molar-refractivity contribution in [3.05, 3.63) is 125 Å². The minimum absolute atomic E-state index is 0.0679. The molecule has 2 heterocycles. The third-order valence-corrected chi connectivity index (χ3v) is 11.7. The number of amides is 1. The molecular weight excluding hydrogens is 629 g/mol. The molecule has 6 aromatic rings. The van der Waals surface area contributed by atoms with Crippen molar-refractivity contribution in [3.8, 4) is 0 Å². The summed E-state index contributed by atoms with van der Waals surface area (Å²) in [6.07, 6.45) is 3.02. The number of hydrogen-bond donors (Lipinski definition) is 1. The first-order chi connectivity index (χ1) is 25.0. The average Bonchev–Trinajstić information content (AvgIpc) is 3.18. The highest BCUT2D eigenvalue weighted by atomic mass is 16.5. The normalized spacial score (nSPS) is 18.4. The minimum atomic E-state index is -0.0679. The molecule has 2 saturated heterocycles. The van der Waals surface area contributed by atoms with E-state index in [0.29, 0.717) is 11.5 Å².